The quantitative estimate of drug-likeness (QED) is 0.489. The van der Waals surface area contributed by atoms with Gasteiger partial charge in [-0.3, -0.25) is 0 Å². The highest BCUT2D eigenvalue weighted by molar-refractivity contribution is 6.13. The lowest BCUT2D eigenvalue weighted by Gasteiger charge is -2.19. The minimum absolute atomic E-state index is 0.990. The molecule has 0 aromatic heterocycles. The van der Waals surface area contributed by atoms with Gasteiger partial charge in [0.25, 0.3) is 0 Å². The van der Waals surface area contributed by atoms with E-state index in [-0.39, 0.29) is 0 Å². The van der Waals surface area contributed by atoms with E-state index in [9.17, 15) is 8.78 Å². The lowest BCUT2D eigenvalue weighted by atomic mass is 9.93. The topological polar surface area (TPSA) is 9.23 Å². The molecule has 0 amide bonds. The van der Waals surface area contributed by atoms with Gasteiger partial charge in [0.2, 0.25) is 0 Å². The molecule has 0 aliphatic rings. The standard InChI is InChI=1S/C4H7BF2O/c1-3(6)4(5,7)8-2/h3H,1-2H3. The van der Waals surface area contributed by atoms with E-state index < -0.39 is 11.9 Å². The van der Waals surface area contributed by atoms with Crippen LogP contribution in [0.2, 0.25) is 0 Å². The Bertz CT molecular complexity index is 74.4. The van der Waals surface area contributed by atoms with Crippen molar-refractivity contribution in [3.8, 4) is 0 Å². The first kappa shape index (κ1) is 7.88. The third-order valence-electron chi connectivity index (χ3n) is 0.855. The molecule has 0 aromatic rings. The van der Waals surface area contributed by atoms with E-state index in [2.05, 4.69) is 12.6 Å². The number of halogens is 2. The Hall–Kier alpha value is -0.115. The summed E-state index contributed by atoms with van der Waals surface area (Å²) in [4.78, 5) is 0. The molecular weight excluding hydrogens is 113 g/mol. The van der Waals surface area contributed by atoms with E-state index >= 15 is 0 Å². The Morgan fingerprint density at radius 1 is 1.75 bits per heavy atom. The van der Waals surface area contributed by atoms with Crippen LogP contribution in [0.5, 0.6) is 0 Å². The fourth-order valence-electron chi connectivity index (χ4n) is 0.162. The zero-order valence-electron chi connectivity index (χ0n) is 4.82. The molecule has 8 heavy (non-hydrogen) atoms. The number of alkyl halides is 2. The van der Waals surface area contributed by atoms with Crippen LogP contribution in [0, 0.1) is 0 Å². The van der Waals surface area contributed by atoms with Crippen molar-refractivity contribution in [3.63, 3.8) is 0 Å². The van der Waals surface area contributed by atoms with Crippen molar-refractivity contribution in [1.82, 2.24) is 0 Å². The van der Waals surface area contributed by atoms with Crippen LogP contribution in [0.4, 0.5) is 8.78 Å². The largest absolute Gasteiger partial charge is 0.355 e. The molecule has 2 radical (unpaired) electrons. The lowest BCUT2D eigenvalue weighted by molar-refractivity contribution is -0.0950. The molecule has 2 atom stereocenters. The molecule has 0 spiro atoms. The zero-order valence-corrected chi connectivity index (χ0v) is 4.82. The molecule has 2 unspecified atom stereocenters. The molecule has 0 rings (SSSR count). The number of ether oxygens (including phenoxy) is 1. The molecule has 0 saturated heterocycles. The van der Waals surface area contributed by atoms with Gasteiger partial charge in [0, 0.05) is 7.11 Å². The highest BCUT2D eigenvalue weighted by Crippen LogP contribution is 2.14. The second kappa shape index (κ2) is 2.44. The normalized spacial score (nSPS) is 22.0. The summed E-state index contributed by atoms with van der Waals surface area (Å²) < 4.78 is 27.9. The summed E-state index contributed by atoms with van der Waals surface area (Å²) in [7, 11) is 5.60. The first-order valence-electron chi connectivity index (χ1n) is 2.17. The van der Waals surface area contributed by atoms with Crippen LogP contribution in [0.15, 0.2) is 0 Å². The molecule has 0 aliphatic heterocycles. The Kier molecular flexibility index (Phi) is 2.41. The first-order chi connectivity index (χ1) is 3.50. The van der Waals surface area contributed by atoms with Gasteiger partial charge < -0.3 is 4.74 Å². The molecule has 0 aliphatic carbocycles. The van der Waals surface area contributed by atoms with Crippen LogP contribution in [-0.4, -0.2) is 26.9 Å². The average molecular weight is 120 g/mol. The molecular formula is C4H7BF2O. The summed E-state index contributed by atoms with van der Waals surface area (Å²) in [6, 6.07) is 0. The minimum Gasteiger partial charge on any atom is -0.355 e. The lowest BCUT2D eigenvalue weighted by Crippen LogP contribution is -2.35. The highest BCUT2D eigenvalue weighted by Gasteiger charge is 2.29. The summed E-state index contributed by atoms with van der Waals surface area (Å²) in [6.07, 6.45) is -1.80. The molecule has 0 N–H and O–H groups in total. The van der Waals surface area contributed by atoms with Gasteiger partial charge in [-0.1, -0.05) is 0 Å². The van der Waals surface area contributed by atoms with Crippen molar-refractivity contribution in [3.05, 3.63) is 0 Å². The third kappa shape index (κ3) is 1.78. The van der Waals surface area contributed by atoms with E-state index in [1.54, 1.807) is 0 Å². The van der Waals surface area contributed by atoms with Crippen molar-refractivity contribution < 1.29 is 13.5 Å². The summed E-state index contributed by atoms with van der Waals surface area (Å²) in [5.41, 5.74) is 0. The van der Waals surface area contributed by atoms with Crippen molar-refractivity contribution in [2.45, 2.75) is 18.8 Å². The van der Waals surface area contributed by atoms with Crippen LogP contribution >= 0.6 is 0 Å². The highest BCUT2D eigenvalue weighted by atomic mass is 19.2. The second-order valence-corrected chi connectivity index (χ2v) is 1.52. The second-order valence-electron chi connectivity index (χ2n) is 1.52. The van der Waals surface area contributed by atoms with Gasteiger partial charge in [0.1, 0.15) is 6.17 Å². The maximum atomic E-state index is 12.1. The van der Waals surface area contributed by atoms with Gasteiger partial charge in [-0.15, -0.1) is 0 Å². The molecule has 0 heterocycles. The summed E-state index contributed by atoms with van der Waals surface area (Å²) in [5, 5.41) is 0. The molecule has 0 aromatic carbocycles. The van der Waals surface area contributed by atoms with Crippen molar-refractivity contribution in [2.24, 2.45) is 0 Å². The molecule has 0 fully saturated rings. The van der Waals surface area contributed by atoms with E-state index in [0.29, 0.717) is 0 Å². The van der Waals surface area contributed by atoms with E-state index in [1.165, 1.54) is 0 Å². The molecule has 4 heteroatoms. The Morgan fingerprint density at radius 3 is 2.12 bits per heavy atom. The van der Waals surface area contributed by atoms with Gasteiger partial charge in [-0.2, -0.15) is 0 Å². The van der Waals surface area contributed by atoms with Gasteiger partial charge in [0.15, 0.2) is 13.6 Å². The minimum atomic E-state index is -2.63. The molecule has 0 bridgehead atoms. The van der Waals surface area contributed by atoms with Gasteiger partial charge in [-0.25, -0.2) is 8.78 Å². The van der Waals surface area contributed by atoms with Gasteiger partial charge in [-0.05, 0) is 6.92 Å². The fourth-order valence-corrected chi connectivity index (χ4v) is 0.162. The average Bonchev–Trinajstić information content (AvgIpc) is 1.67. The predicted octanol–water partition coefficient (Wildman–Crippen LogP) is 0.783. The van der Waals surface area contributed by atoms with Gasteiger partial charge in [0.05, 0.1) is 0 Å². The summed E-state index contributed by atoms with van der Waals surface area (Å²) in [5.74, 6) is -2.63. The number of rotatable bonds is 2. The maximum absolute atomic E-state index is 12.1. The monoisotopic (exact) mass is 120 g/mol. The maximum Gasteiger partial charge on any atom is 0.189 e. The molecule has 0 saturated carbocycles. The fraction of sp³-hybridized carbons (Fsp3) is 1.00. The Labute approximate surface area is 48.4 Å². The van der Waals surface area contributed by atoms with E-state index in [0.717, 1.165) is 14.0 Å². The SMILES string of the molecule is [B]C(F)(OC)C(C)F. The van der Waals surface area contributed by atoms with Crippen molar-refractivity contribution in [1.29, 1.82) is 0 Å². The van der Waals surface area contributed by atoms with E-state index in [1.807, 2.05) is 0 Å². The first-order valence-corrected chi connectivity index (χ1v) is 2.17. The smallest absolute Gasteiger partial charge is 0.189 e. The van der Waals surface area contributed by atoms with Gasteiger partial charge >= 0.3 is 0 Å². The summed E-state index contributed by atoms with van der Waals surface area (Å²) >= 11 is 0. The van der Waals surface area contributed by atoms with E-state index in [4.69, 9.17) is 0 Å². The van der Waals surface area contributed by atoms with Crippen molar-refractivity contribution in [2.75, 3.05) is 7.11 Å². The van der Waals surface area contributed by atoms with Crippen LogP contribution < -0.4 is 0 Å². The van der Waals surface area contributed by atoms with Crippen LogP contribution in [0.1, 0.15) is 6.92 Å². The predicted molar refractivity (Wildman–Crippen MR) is 27.2 cm³/mol. The third-order valence-corrected chi connectivity index (χ3v) is 0.855. The number of hydrogen-bond acceptors (Lipinski definition) is 1. The number of methoxy groups -OCH3 is 1. The Balaban J connectivity index is 3.71. The van der Waals surface area contributed by atoms with Crippen LogP contribution in [0.3, 0.4) is 0 Å². The molecule has 46 valence electrons. The molecule has 1 nitrogen and oxygen atoms in total. The van der Waals surface area contributed by atoms with Crippen LogP contribution in [-0.2, 0) is 4.74 Å². The summed E-state index contributed by atoms with van der Waals surface area (Å²) in [6.45, 7) is 0.990. The Morgan fingerprint density at radius 2 is 2.12 bits per heavy atom. The number of hydrogen-bond donors (Lipinski definition) is 0. The van der Waals surface area contributed by atoms with Crippen molar-refractivity contribution >= 4 is 7.85 Å². The zero-order chi connectivity index (χ0) is 6.78. The van der Waals surface area contributed by atoms with Crippen LogP contribution in [0.25, 0.3) is 0 Å².